The fourth-order valence-corrected chi connectivity index (χ4v) is 4.78. The Morgan fingerprint density at radius 3 is 2.61 bits per heavy atom. The molecule has 94 valence electrons. The maximum absolute atomic E-state index is 3.88. The molecule has 0 nitrogen and oxygen atoms in total. The summed E-state index contributed by atoms with van der Waals surface area (Å²) in [6, 6.07) is 9.29. The third-order valence-electron chi connectivity index (χ3n) is 3.72. The molecule has 0 N–H and O–H groups in total. The molecule has 0 aliphatic heterocycles. The van der Waals surface area contributed by atoms with Crippen molar-refractivity contribution in [1.82, 2.24) is 0 Å². The largest absolute Gasteiger partial charge is 0.144 e. The molecule has 1 aliphatic rings. The maximum atomic E-state index is 3.88. The van der Waals surface area contributed by atoms with Gasteiger partial charge in [-0.25, -0.2) is 0 Å². The predicted molar refractivity (Wildman–Crippen MR) is 83.0 cm³/mol. The topological polar surface area (TPSA) is 0 Å². The highest BCUT2D eigenvalue weighted by atomic mass is 79.9. The number of hydrogen-bond acceptors (Lipinski definition) is 1. The third-order valence-corrected chi connectivity index (χ3v) is 6.23. The monoisotopic (exact) mass is 320 g/mol. The highest BCUT2D eigenvalue weighted by molar-refractivity contribution is 9.09. The van der Waals surface area contributed by atoms with Gasteiger partial charge in [0, 0.05) is 9.75 Å². The van der Waals surface area contributed by atoms with E-state index in [4.69, 9.17) is 0 Å². The number of fused-ring (bicyclic) bond motifs is 1. The first-order valence-electron chi connectivity index (χ1n) is 6.48. The molecule has 0 radical (unpaired) electrons. The van der Waals surface area contributed by atoms with E-state index in [1.807, 2.05) is 11.3 Å². The summed E-state index contributed by atoms with van der Waals surface area (Å²) in [6.07, 6.45) is 3.84. The van der Waals surface area contributed by atoms with Crippen molar-refractivity contribution in [3.63, 3.8) is 0 Å². The van der Waals surface area contributed by atoms with E-state index in [-0.39, 0.29) is 0 Å². The SMILES string of the molecule is Cc1cc(C)c(C(Br)c2ccc3c(c2)CCC3)s1. The number of aryl methyl sites for hydroxylation is 4. The Morgan fingerprint density at radius 2 is 1.89 bits per heavy atom. The lowest BCUT2D eigenvalue weighted by molar-refractivity contribution is 0.911. The van der Waals surface area contributed by atoms with E-state index in [9.17, 15) is 0 Å². The van der Waals surface area contributed by atoms with Gasteiger partial charge in [-0.1, -0.05) is 34.1 Å². The lowest BCUT2D eigenvalue weighted by Crippen LogP contribution is -1.94. The number of benzene rings is 1. The Labute approximate surface area is 121 Å². The maximum Gasteiger partial charge on any atom is 0.0740 e. The van der Waals surface area contributed by atoms with E-state index < -0.39 is 0 Å². The van der Waals surface area contributed by atoms with Crippen molar-refractivity contribution in [3.8, 4) is 0 Å². The molecule has 0 bridgehead atoms. The molecule has 3 rings (SSSR count). The molecule has 0 saturated heterocycles. The summed E-state index contributed by atoms with van der Waals surface area (Å²) in [5.74, 6) is 0. The molecule has 0 spiro atoms. The van der Waals surface area contributed by atoms with Gasteiger partial charge < -0.3 is 0 Å². The Kier molecular flexibility index (Phi) is 3.33. The van der Waals surface area contributed by atoms with E-state index in [1.165, 1.54) is 40.1 Å². The van der Waals surface area contributed by atoms with Crippen LogP contribution in [0.15, 0.2) is 24.3 Å². The Bertz CT molecular complexity index is 583. The second-order valence-electron chi connectivity index (χ2n) is 5.15. The van der Waals surface area contributed by atoms with Gasteiger partial charge in [0.05, 0.1) is 4.83 Å². The third kappa shape index (κ3) is 2.17. The van der Waals surface area contributed by atoms with Crippen LogP contribution in [0.25, 0.3) is 0 Å². The summed E-state index contributed by atoms with van der Waals surface area (Å²) in [7, 11) is 0. The van der Waals surface area contributed by atoms with Crippen molar-refractivity contribution in [2.75, 3.05) is 0 Å². The molecule has 0 fully saturated rings. The first-order chi connectivity index (χ1) is 8.65. The Balaban J connectivity index is 1.97. The summed E-state index contributed by atoms with van der Waals surface area (Å²) in [6.45, 7) is 4.39. The predicted octanol–water partition coefficient (Wildman–Crippen LogP) is 5.34. The van der Waals surface area contributed by atoms with Crippen LogP contribution in [0.3, 0.4) is 0 Å². The molecular formula is C16H17BrS. The van der Waals surface area contributed by atoms with Crippen LogP contribution in [0.4, 0.5) is 0 Å². The minimum Gasteiger partial charge on any atom is -0.144 e. The van der Waals surface area contributed by atoms with Crippen molar-refractivity contribution in [1.29, 1.82) is 0 Å². The van der Waals surface area contributed by atoms with Crippen LogP contribution in [0.5, 0.6) is 0 Å². The van der Waals surface area contributed by atoms with E-state index in [1.54, 1.807) is 11.1 Å². The zero-order chi connectivity index (χ0) is 12.7. The van der Waals surface area contributed by atoms with Crippen molar-refractivity contribution in [2.45, 2.75) is 37.9 Å². The van der Waals surface area contributed by atoms with Gasteiger partial charge >= 0.3 is 0 Å². The molecule has 1 aliphatic carbocycles. The molecule has 1 unspecified atom stereocenters. The van der Waals surface area contributed by atoms with Crippen LogP contribution >= 0.6 is 27.3 Å². The Hall–Kier alpha value is -0.600. The minimum atomic E-state index is 0.349. The van der Waals surface area contributed by atoms with Crippen LogP contribution in [-0.4, -0.2) is 0 Å². The molecule has 0 saturated carbocycles. The summed E-state index contributed by atoms with van der Waals surface area (Å²) in [4.78, 5) is 3.20. The van der Waals surface area contributed by atoms with E-state index >= 15 is 0 Å². The molecule has 0 amide bonds. The molecule has 18 heavy (non-hydrogen) atoms. The zero-order valence-electron chi connectivity index (χ0n) is 10.8. The van der Waals surface area contributed by atoms with E-state index in [0.29, 0.717) is 4.83 Å². The zero-order valence-corrected chi connectivity index (χ0v) is 13.2. The lowest BCUT2D eigenvalue weighted by atomic mass is 10.0. The van der Waals surface area contributed by atoms with Crippen LogP contribution in [-0.2, 0) is 12.8 Å². The second-order valence-corrected chi connectivity index (χ2v) is 7.35. The Morgan fingerprint density at radius 1 is 1.11 bits per heavy atom. The fraction of sp³-hybridized carbons (Fsp3) is 0.375. The minimum absolute atomic E-state index is 0.349. The number of hydrogen-bond donors (Lipinski definition) is 0. The van der Waals surface area contributed by atoms with E-state index in [2.05, 4.69) is 54.0 Å². The molecule has 1 atom stereocenters. The molecule has 2 heteroatoms. The van der Waals surface area contributed by atoms with Gasteiger partial charge in [0.15, 0.2) is 0 Å². The van der Waals surface area contributed by atoms with Crippen molar-refractivity contribution < 1.29 is 0 Å². The molecule has 1 aromatic carbocycles. The smallest absolute Gasteiger partial charge is 0.0740 e. The highest BCUT2D eigenvalue weighted by Gasteiger charge is 2.18. The van der Waals surface area contributed by atoms with Gasteiger partial charge in [-0.2, -0.15) is 0 Å². The highest BCUT2D eigenvalue weighted by Crippen LogP contribution is 2.39. The van der Waals surface area contributed by atoms with Gasteiger partial charge in [-0.05, 0) is 61.4 Å². The summed E-state index contributed by atoms with van der Waals surface area (Å²) < 4.78 is 0. The lowest BCUT2D eigenvalue weighted by Gasteiger charge is -2.11. The quantitative estimate of drug-likeness (QED) is 0.655. The molecule has 1 heterocycles. The summed E-state index contributed by atoms with van der Waals surface area (Å²) >= 11 is 5.78. The molecule has 1 aromatic heterocycles. The van der Waals surface area contributed by atoms with Crippen molar-refractivity contribution in [2.24, 2.45) is 0 Å². The number of thiophene rings is 1. The second kappa shape index (κ2) is 4.82. The van der Waals surface area contributed by atoms with Gasteiger partial charge in [-0.15, -0.1) is 11.3 Å². The van der Waals surface area contributed by atoms with Gasteiger partial charge in [0.2, 0.25) is 0 Å². The van der Waals surface area contributed by atoms with Crippen LogP contribution in [0, 0.1) is 13.8 Å². The average molecular weight is 321 g/mol. The van der Waals surface area contributed by atoms with E-state index in [0.717, 1.165) is 0 Å². The first-order valence-corrected chi connectivity index (χ1v) is 8.21. The summed E-state index contributed by atoms with van der Waals surface area (Å²) in [5.41, 5.74) is 5.92. The fourth-order valence-electron chi connectivity index (χ4n) is 2.81. The van der Waals surface area contributed by atoms with Crippen molar-refractivity contribution >= 4 is 27.3 Å². The van der Waals surface area contributed by atoms with Crippen LogP contribution in [0.1, 0.15) is 43.3 Å². The van der Waals surface area contributed by atoms with Crippen LogP contribution in [0.2, 0.25) is 0 Å². The van der Waals surface area contributed by atoms with Crippen molar-refractivity contribution in [3.05, 3.63) is 56.3 Å². The van der Waals surface area contributed by atoms with Gasteiger partial charge in [0.1, 0.15) is 0 Å². The first kappa shape index (κ1) is 12.4. The number of halogens is 1. The normalized spacial score (nSPS) is 15.7. The summed E-state index contributed by atoms with van der Waals surface area (Å²) in [5, 5.41) is 0. The van der Waals surface area contributed by atoms with Gasteiger partial charge in [-0.3, -0.25) is 0 Å². The number of alkyl halides is 1. The van der Waals surface area contributed by atoms with Crippen LogP contribution < -0.4 is 0 Å². The average Bonchev–Trinajstić information content (AvgIpc) is 2.93. The number of rotatable bonds is 2. The van der Waals surface area contributed by atoms with Gasteiger partial charge in [0.25, 0.3) is 0 Å². The standard InChI is InChI=1S/C16H17BrS/c1-10-8-11(2)18-16(10)15(17)14-7-6-12-4-3-5-13(12)9-14/h6-9,15H,3-5H2,1-2H3. The molecule has 2 aromatic rings. The molecular weight excluding hydrogens is 304 g/mol.